The number of nitrogens with one attached hydrogen (secondary N) is 1. The molecular weight excluding hydrogens is 266 g/mol. The summed E-state index contributed by atoms with van der Waals surface area (Å²) in [6, 6.07) is 0. The van der Waals surface area contributed by atoms with E-state index in [-0.39, 0.29) is 24.7 Å². The van der Waals surface area contributed by atoms with Crippen LogP contribution in [0.1, 0.15) is 72.6 Å². The Labute approximate surface area is 129 Å². The third kappa shape index (κ3) is 8.74. The van der Waals surface area contributed by atoms with Crippen molar-refractivity contribution in [1.29, 1.82) is 0 Å². The summed E-state index contributed by atoms with van der Waals surface area (Å²) in [7, 11) is 0. The minimum absolute atomic E-state index is 0.0509. The van der Waals surface area contributed by atoms with Crippen LogP contribution in [-0.4, -0.2) is 24.0 Å². The summed E-state index contributed by atoms with van der Waals surface area (Å²) < 4.78 is 5.18. The van der Waals surface area contributed by atoms with Crippen LogP contribution < -0.4 is 5.32 Å². The first-order valence-electron chi connectivity index (χ1n) is 8.25. The van der Waals surface area contributed by atoms with Crippen LogP contribution in [0.2, 0.25) is 0 Å². The highest BCUT2D eigenvalue weighted by molar-refractivity contribution is 5.81. The second-order valence-corrected chi connectivity index (χ2v) is 7.35. The van der Waals surface area contributed by atoms with Gasteiger partial charge in [-0.15, -0.1) is 0 Å². The number of hydrogen-bond acceptors (Lipinski definition) is 3. The predicted octanol–water partition coefficient (Wildman–Crippen LogP) is 3.44. The Hall–Kier alpha value is -1.06. The highest BCUT2D eigenvalue weighted by Gasteiger charge is 2.19. The monoisotopic (exact) mass is 297 g/mol. The summed E-state index contributed by atoms with van der Waals surface area (Å²) in [5.41, 5.74) is -0.480. The van der Waals surface area contributed by atoms with Crippen LogP contribution in [0.3, 0.4) is 0 Å². The van der Waals surface area contributed by atoms with Gasteiger partial charge in [-0.3, -0.25) is 9.59 Å². The molecule has 1 fully saturated rings. The Kier molecular flexibility index (Phi) is 7.20. The van der Waals surface area contributed by atoms with Crippen molar-refractivity contribution >= 4 is 11.9 Å². The normalized spacial score (nSPS) is 22.7. The molecule has 0 spiro atoms. The molecule has 0 heterocycles. The first-order valence-corrected chi connectivity index (χ1v) is 8.25. The number of carbonyl (C=O) groups is 2. The summed E-state index contributed by atoms with van der Waals surface area (Å²) in [5, 5.41) is 2.91. The van der Waals surface area contributed by atoms with E-state index in [0.29, 0.717) is 0 Å². The van der Waals surface area contributed by atoms with Gasteiger partial charge in [0.2, 0.25) is 5.91 Å². The Morgan fingerprint density at radius 3 is 2.29 bits per heavy atom. The van der Waals surface area contributed by atoms with Crippen LogP contribution in [-0.2, 0) is 14.3 Å². The fraction of sp³-hybridized carbons (Fsp3) is 0.882. The lowest BCUT2D eigenvalue weighted by Crippen LogP contribution is -2.28. The molecule has 0 atom stereocenters. The molecule has 1 rings (SSSR count). The summed E-state index contributed by atoms with van der Waals surface area (Å²) in [4.78, 5) is 23.2. The van der Waals surface area contributed by atoms with Gasteiger partial charge in [-0.25, -0.2) is 0 Å². The summed E-state index contributed by atoms with van der Waals surface area (Å²) >= 11 is 0. The number of esters is 1. The molecule has 0 bridgehead atoms. The summed E-state index contributed by atoms with van der Waals surface area (Å²) in [6.45, 7) is 8.53. The molecule has 1 aliphatic rings. The topological polar surface area (TPSA) is 55.4 Å². The van der Waals surface area contributed by atoms with Gasteiger partial charge in [0.1, 0.15) is 5.60 Å². The largest absolute Gasteiger partial charge is 0.460 e. The van der Waals surface area contributed by atoms with Crippen molar-refractivity contribution in [2.75, 3.05) is 6.54 Å². The van der Waals surface area contributed by atoms with Gasteiger partial charge in [-0.1, -0.05) is 32.6 Å². The molecule has 0 aromatic heterocycles. The van der Waals surface area contributed by atoms with E-state index >= 15 is 0 Å². The van der Waals surface area contributed by atoms with Crippen molar-refractivity contribution in [2.24, 2.45) is 11.8 Å². The van der Waals surface area contributed by atoms with E-state index in [1.807, 2.05) is 20.8 Å². The van der Waals surface area contributed by atoms with Crippen molar-refractivity contribution in [3.8, 4) is 0 Å². The van der Waals surface area contributed by atoms with Crippen LogP contribution in [0.25, 0.3) is 0 Å². The third-order valence-electron chi connectivity index (χ3n) is 3.99. The zero-order valence-corrected chi connectivity index (χ0v) is 14.0. The van der Waals surface area contributed by atoms with Crippen molar-refractivity contribution in [1.82, 2.24) is 5.32 Å². The molecule has 122 valence electrons. The Morgan fingerprint density at radius 1 is 1.10 bits per heavy atom. The molecule has 0 radical (unpaired) electrons. The van der Waals surface area contributed by atoms with Crippen LogP contribution in [0.5, 0.6) is 0 Å². The standard InChI is InChI=1S/C17H31NO3/c1-13-5-7-14(8-6-13)11-12-18-15(19)9-10-16(20)21-17(2,3)4/h13-14H,5-12H2,1-4H3,(H,18,19). The fourth-order valence-corrected chi connectivity index (χ4v) is 2.73. The van der Waals surface area contributed by atoms with Gasteiger partial charge >= 0.3 is 5.97 Å². The van der Waals surface area contributed by atoms with Crippen LogP contribution in [0.4, 0.5) is 0 Å². The molecule has 1 aliphatic carbocycles. The van der Waals surface area contributed by atoms with Gasteiger partial charge in [-0.2, -0.15) is 0 Å². The highest BCUT2D eigenvalue weighted by atomic mass is 16.6. The number of carbonyl (C=O) groups excluding carboxylic acids is 2. The van der Waals surface area contributed by atoms with Gasteiger partial charge in [0.25, 0.3) is 0 Å². The lowest BCUT2D eigenvalue weighted by Gasteiger charge is -2.26. The Morgan fingerprint density at radius 2 is 1.71 bits per heavy atom. The van der Waals surface area contributed by atoms with Crippen molar-refractivity contribution < 1.29 is 14.3 Å². The van der Waals surface area contributed by atoms with E-state index in [1.54, 1.807) is 0 Å². The van der Waals surface area contributed by atoms with Gasteiger partial charge < -0.3 is 10.1 Å². The van der Waals surface area contributed by atoms with E-state index in [1.165, 1.54) is 25.7 Å². The zero-order valence-electron chi connectivity index (χ0n) is 14.0. The van der Waals surface area contributed by atoms with Crippen molar-refractivity contribution in [3.05, 3.63) is 0 Å². The third-order valence-corrected chi connectivity index (χ3v) is 3.99. The maximum absolute atomic E-state index is 11.7. The first kappa shape index (κ1) is 18.0. The molecule has 0 unspecified atom stereocenters. The molecule has 0 aromatic carbocycles. The van der Waals surface area contributed by atoms with E-state index in [9.17, 15) is 9.59 Å². The van der Waals surface area contributed by atoms with Crippen molar-refractivity contribution in [3.63, 3.8) is 0 Å². The molecule has 1 amide bonds. The fourth-order valence-electron chi connectivity index (χ4n) is 2.73. The van der Waals surface area contributed by atoms with E-state index in [4.69, 9.17) is 4.74 Å². The SMILES string of the molecule is CC1CCC(CCNC(=O)CCC(=O)OC(C)(C)C)CC1. The molecule has 0 aromatic rings. The molecule has 0 saturated heterocycles. The molecule has 0 aliphatic heterocycles. The number of amides is 1. The second-order valence-electron chi connectivity index (χ2n) is 7.35. The first-order chi connectivity index (χ1) is 9.76. The highest BCUT2D eigenvalue weighted by Crippen LogP contribution is 2.29. The molecular formula is C17H31NO3. The van der Waals surface area contributed by atoms with E-state index < -0.39 is 5.60 Å². The predicted molar refractivity (Wildman–Crippen MR) is 83.8 cm³/mol. The van der Waals surface area contributed by atoms with Crippen LogP contribution >= 0.6 is 0 Å². The van der Waals surface area contributed by atoms with Crippen LogP contribution in [0, 0.1) is 11.8 Å². The molecule has 1 N–H and O–H groups in total. The smallest absolute Gasteiger partial charge is 0.306 e. The van der Waals surface area contributed by atoms with Gasteiger partial charge in [0, 0.05) is 13.0 Å². The molecule has 4 heteroatoms. The summed E-state index contributed by atoms with van der Waals surface area (Å²) in [5.74, 6) is 1.26. The van der Waals surface area contributed by atoms with Gasteiger partial charge in [0.05, 0.1) is 6.42 Å². The maximum Gasteiger partial charge on any atom is 0.306 e. The number of ether oxygens (including phenoxy) is 1. The minimum Gasteiger partial charge on any atom is -0.460 e. The number of hydrogen-bond donors (Lipinski definition) is 1. The quantitative estimate of drug-likeness (QED) is 0.764. The molecule has 1 saturated carbocycles. The van der Waals surface area contributed by atoms with E-state index in [2.05, 4.69) is 12.2 Å². The van der Waals surface area contributed by atoms with Crippen molar-refractivity contribution in [2.45, 2.75) is 78.2 Å². The van der Waals surface area contributed by atoms with E-state index in [0.717, 1.165) is 24.8 Å². The lowest BCUT2D eigenvalue weighted by molar-refractivity contribution is -0.155. The lowest BCUT2D eigenvalue weighted by atomic mass is 9.81. The van der Waals surface area contributed by atoms with Crippen LogP contribution in [0.15, 0.2) is 0 Å². The zero-order chi connectivity index (χ0) is 15.9. The minimum atomic E-state index is -0.480. The average molecular weight is 297 g/mol. The average Bonchev–Trinajstić information content (AvgIpc) is 2.37. The maximum atomic E-state index is 11.7. The molecule has 4 nitrogen and oxygen atoms in total. The Balaban J connectivity index is 2.07. The van der Waals surface area contributed by atoms with Gasteiger partial charge in [0.15, 0.2) is 0 Å². The second kappa shape index (κ2) is 8.40. The number of rotatable bonds is 6. The molecule has 21 heavy (non-hydrogen) atoms. The summed E-state index contributed by atoms with van der Waals surface area (Å²) in [6.07, 6.45) is 6.64. The Bertz CT molecular complexity index is 338. The van der Waals surface area contributed by atoms with Gasteiger partial charge in [-0.05, 0) is 39.0 Å².